The molecule has 0 spiro atoms. The summed E-state index contributed by atoms with van der Waals surface area (Å²) in [6.07, 6.45) is 0. The minimum Gasteiger partial charge on any atom is -0.408 e. The van der Waals surface area contributed by atoms with Crippen molar-refractivity contribution in [3.05, 3.63) is 157 Å². The van der Waals surface area contributed by atoms with Crippen LogP contribution in [-0.2, 0) is 64.1 Å². The fourth-order valence-corrected chi connectivity index (χ4v) is 12.8. The van der Waals surface area contributed by atoms with Gasteiger partial charge in [-0.15, -0.1) is 0 Å². The number of aliphatic hydroxyl groups excluding tert-OH is 3. The number of benzene rings is 5. The Morgan fingerprint density at radius 2 is 0.511 bits per heavy atom. The van der Waals surface area contributed by atoms with Crippen molar-refractivity contribution in [2.24, 2.45) is 5.41 Å². The fraction of sp³-hybridized carbons (Fsp3) is 0.610. The van der Waals surface area contributed by atoms with Crippen LogP contribution in [0, 0.1) is 19.3 Å². The van der Waals surface area contributed by atoms with Gasteiger partial charge in [-0.1, -0.05) is 280 Å². The Balaban J connectivity index is 0.000000439. The lowest BCUT2D eigenvalue weighted by Crippen LogP contribution is -2.57. The van der Waals surface area contributed by atoms with E-state index in [0.717, 1.165) is 67.3 Å². The van der Waals surface area contributed by atoms with E-state index >= 15 is 0 Å². The summed E-state index contributed by atoms with van der Waals surface area (Å²) in [5.41, 5.74) is 8.99. The second kappa shape index (κ2) is 29.6. The molecule has 0 aromatic heterocycles. The molecule has 0 bridgehead atoms. The van der Waals surface area contributed by atoms with Crippen LogP contribution < -0.4 is 13.6 Å². The molecule has 0 aliphatic rings. The van der Waals surface area contributed by atoms with Crippen LogP contribution in [0.1, 0.15) is 286 Å². The third-order valence-corrected chi connectivity index (χ3v) is 19.0. The zero-order valence-electron chi connectivity index (χ0n) is 62.7. The third-order valence-electron chi connectivity index (χ3n) is 16.8. The van der Waals surface area contributed by atoms with Crippen molar-refractivity contribution < 1.29 is 57.9 Å². The van der Waals surface area contributed by atoms with E-state index in [9.17, 15) is 20.4 Å². The summed E-state index contributed by atoms with van der Waals surface area (Å²) in [5, 5.41) is 46.9. The van der Waals surface area contributed by atoms with E-state index in [4.69, 9.17) is 33.1 Å². The smallest absolute Gasteiger partial charge is 0.408 e. The van der Waals surface area contributed by atoms with Gasteiger partial charge in [-0.05, 0) is 136 Å². The van der Waals surface area contributed by atoms with Gasteiger partial charge in [-0.3, -0.25) is 0 Å². The van der Waals surface area contributed by atoms with Crippen LogP contribution in [0.4, 0.5) is 0 Å². The highest BCUT2D eigenvalue weighted by Crippen LogP contribution is 2.57. The van der Waals surface area contributed by atoms with E-state index in [-0.39, 0.29) is 54.1 Å². The average molecular weight is 1330 g/mol. The molecule has 0 fully saturated rings. The topological polar surface area (TPSA) is 199 Å². The lowest BCUT2D eigenvalue weighted by Gasteiger charge is -2.52. The molecule has 5 rings (SSSR count). The molecule has 5 aromatic rings. The Labute approximate surface area is 561 Å². The first-order valence-electron chi connectivity index (χ1n) is 32.3. The summed E-state index contributed by atoms with van der Waals surface area (Å²) in [4.78, 5) is 31.3. The molecule has 92 heavy (non-hydrogen) atoms. The van der Waals surface area contributed by atoms with Crippen LogP contribution in [-0.4, -0.2) is 59.8 Å². The summed E-state index contributed by atoms with van der Waals surface area (Å²) < 4.78 is 24.3. The zero-order chi connectivity index (χ0) is 71.7. The number of aryl methyl sites for hydroxylation is 2. The number of aliphatic hydroxyl groups is 4. The van der Waals surface area contributed by atoms with Crippen LogP contribution in [0.25, 0.3) is 0 Å². The van der Waals surface area contributed by atoms with Gasteiger partial charge >= 0.3 is 25.8 Å². The second-order valence-electron chi connectivity index (χ2n) is 35.7. The maximum atomic E-state index is 13.7. The summed E-state index contributed by atoms with van der Waals surface area (Å²) in [5.74, 6) is 2.37. The maximum absolute atomic E-state index is 13.7. The van der Waals surface area contributed by atoms with E-state index < -0.39 is 56.6 Å². The summed E-state index contributed by atoms with van der Waals surface area (Å²) >= 11 is 0. The molecule has 0 unspecified atom stereocenters. The lowest BCUT2D eigenvalue weighted by molar-refractivity contribution is -0.138. The van der Waals surface area contributed by atoms with Gasteiger partial charge in [0.05, 0.1) is 25.2 Å². The van der Waals surface area contributed by atoms with Crippen molar-refractivity contribution in [2.45, 2.75) is 281 Å². The highest BCUT2D eigenvalue weighted by Gasteiger charge is 2.58. The molecule has 15 heteroatoms. The first kappa shape index (κ1) is 82.7. The summed E-state index contributed by atoms with van der Waals surface area (Å²) in [7, 11) is -7.12. The van der Waals surface area contributed by atoms with Crippen LogP contribution in [0.15, 0.2) is 78.9 Å². The number of rotatable bonds is 14. The van der Waals surface area contributed by atoms with Crippen molar-refractivity contribution in [3.63, 3.8) is 0 Å². The van der Waals surface area contributed by atoms with Gasteiger partial charge in [-0.2, -0.15) is 0 Å². The Hall–Kier alpha value is -3.57. The monoisotopic (exact) mass is 1330 g/mol. The minimum absolute atomic E-state index is 0.0170. The molecule has 0 saturated heterocycles. The van der Waals surface area contributed by atoms with E-state index in [0.29, 0.717) is 11.1 Å². The van der Waals surface area contributed by atoms with Gasteiger partial charge in [0.25, 0.3) is 0 Å². The van der Waals surface area contributed by atoms with Gasteiger partial charge in [-0.25, -0.2) is 4.31 Å². The maximum Gasteiger partial charge on any atom is 0.530 e. The fourth-order valence-electron chi connectivity index (χ4n) is 11.2. The van der Waals surface area contributed by atoms with Crippen LogP contribution >= 0.6 is 25.8 Å². The van der Waals surface area contributed by atoms with Crippen LogP contribution in [0.3, 0.4) is 0 Å². The van der Waals surface area contributed by atoms with E-state index in [2.05, 4.69) is 305 Å². The molecule has 5 aromatic carbocycles. The molecule has 0 radical (unpaired) electrons. The number of hydrogen-bond donors (Lipinski definition) is 8. The van der Waals surface area contributed by atoms with Gasteiger partial charge in [0.15, 0.2) is 0 Å². The average Bonchev–Trinajstić information content (AvgIpc) is 0.696. The molecule has 0 amide bonds. The molecular weight excluding hydrogens is 1210 g/mol. The number of hydrogen-bond acceptors (Lipinski definition) is 12. The summed E-state index contributed by atoms with van der Waals surface area (Å²) in [6, 6.07) is 28.2. The van der Waals surface area contributed by atoms with Crippen LogP contribution in [0.2, 0.25) is 0 Å². The van der Waals surface area contributed by atoms with Crippen molar-refractivity contribution in [1.29, 1.82) is 0 Å². The van der Waals surface area contributed by atoms with E-state index in [1.54, 1.807) is 0 Å². The quantitative estimate of drug-likeness (QED) is 0.0490. The first-order chi connectivity index (χ1) is 41.1. The highest BCUT2D eigenvalue weighted by atomic mass is 31.2. The molecule has 12 nitrogen and oxygen atoms in total. The van der Waals surface area contributed by atoms with E-state index in [1.165, 1.54) is 16.7 Å². The van der Waals surface area contributed by atoms with Crippen LogP contribution in [0.5, 0.6) is 17.2 Å². The van der Waals surface area contributed by atoms with Gasteiger partial charge in [0, 0.05) is 16.7 Å². The largest absolute Gasteiger partial charge is 0.530 e. The Kier molecular flexibility index (Phi) is 26.6. The van der Waals surface area contributed by atoms with Gasteiger partial charge < -0.3 is 53.6 Å². The van der Waals surface area contributed by atoms with E-state index in [1.807, 2.05) is 0 Å². The van der Waals surface area contributed by atoms with Crippen molar-refractivity contribution in [1.82, 2.24) is 0 Å². The third kappa shape index (κ3) is 21.0. The Morgan fingerprint density at radius 1 is 0.304 bits per heavy atom. The highest BCUT2D eigenvalue weighted by molar-refractivity contribution is 7.53. The Bertz CT molecular complexity index is 2900. The Morgan fingerprint density at radius 3 is 0.663 bits per heavy atom. The molecule has 0 aliphatic carbocycles. The lowest BCUT2D eigenvalue weighted by atomic mass is 9.56. The molecule has 0 atom stereocenters. The molecule has 8 N–H and O–H groups in total. The minimum atomic E-state index is -2.61. The molecule has 0 heterocycles. The first-order valence-corrected chi connectivity index (χ1v) is 35.8. The van der Waals surface area contributed by atoms with Crippen molar-refractivity contribution in [2.75, 3.05) is 19.8 Å². The SMILES string of the molecule is CC(C)(C)c1ccc(OP(Oc2ccc(C(C)(C)C)cc2C(C)(C)C)Oc2ccc(C(C)(C)C)cc2C(C)(C)C)c(C(C)(C)C)c1.Cc1cc(C(C)(C)C)c(C(O)(c2c(C(C)(C)C)cc(C)cc2C(C)(C)C)C(CO)(CO)CO)c(C(C)(C)C)c1.OP(O)OP(O)O. The summed E-state index contributed by atoms with van der Waals surface area (Å²) in [6.45, 7) is 68.2. The van der Waals surface area contributed by atoms with Gasteiger partial charge in [0.2, 0.25) is 0 Å². The van der Waals surface area contributed by atoms with Crippen molar-refractivity contribution >= 4 is 25.8 Å². The predicted molar refractivity (Wildman–Crippen MR) is 388 cm³/mol. The molecule has 0 saturated carbocycles. The normalized spacial score (nSPS) is 13.7. The molecule has 0 aliphatic heterocycles. The molecular formula is C77H123O12P3. The zero-order valence-corrected chi connectivity index (χ0v) is 65.4. The van der Waals surface area contributed by atoms with Gasteiger partial charge in [0.1, 0.15) is 22.8 Å². The van der Waals surface area contributed by atoms with Crippen molar-refractivity contribution in [3.8, 4) is 17.2 Å². The molecule has 518 valence electrons. The predicted octanol–water partition coefficient (Wildman–Crippen LogP) is 19.4. The second-order valence-corrected chi connectivity index (χ2v) is 38.3. The standard InChI is InChI=1S/C42H63O3P.C35H56O4.H4O5P2/c1-37(2,3)28-19-22-34(31(25-28)40(10,11)12)43-46(44-35-23-20-29(38(4,5)6)26-32(35)41(13,14)15)45-36-24-21-30(39(7,8)9)27-33(36)42(16,17)18;1-22-15-24(30(3,4)5)28(25(16-22)31(6,7)8)35(39,34(19-36,20-37)21-38)29-26(32(9,10)11)17-23(2)18-27(29)33(12,13)14;1-6(2)5-7(3)4/h19-27H,1-18H3;15-18,36-39H,19-21H2,1-14H3;1-4H.